The fourth-order valence-corrected chi connectivity index (χ4v) is 11.2. The van der Waals surface area contributed by atoms with E-state index in [0.717, 1.165) is 28.4 Å². The number of H-pyrrole nitrogens is 1. The summed E-state index contributed by atoms with van der Waals surface area (Å²) in [7, 11) is -0.907. The van der Waals surface area contributed by atoms with Gasteiger partial charge in [0.15, 0.2) is 5.65 Å². The minimum absolute atomic E-state index is 0.0192. The lowest BCUT2D eigenvalue weighted by Gasteiger charge is -2.35. The third-order valence-corrected chi connectivity index (χ3v) is 13.2. The van der Waals surface area contributed by atoms with Crippen molar-refractivity contribution >= 4 is 35.7 Å². The van der Waals surface area contributed by atoms with Crippen LogP contribution in [0.5, 0.6) is 5.19 Å². The number of aromatic amines is 1. The number of aromatic nitrogens is 2. The highest BCUT2D eigenvalue weighted by Gasteiger charge is 2.39. The van der Waals surface area contributed by atoms with Crippen LogP contribution in [0.25, 0.3) is 10.3 Å². The molecule has 2 aromatic rings. The predicted octanol–water partition coefficient (Wildman–Crippen LogP) is 4.69. The van der Waals surface area contributed by atoms with Gasteiger partial charge < -0.3 is 15.0 Å². The number of carbonyl (C=O) groups excluding carboxylic acids is 1. The van der Waals surface area contributed by atoms with Gasteiger partial charge in [0, 0.05) is 6.04 Å². The minimum Gasteiger partial charge on any atom is -0.467 e. The summed E-state index contributed by atoms with van der Waals surface area (Å²) in [5.41, 5.74) is 1.41. The van der Waals surface area contributed by atoms with Crippen LogP contribution in [0.4, 0.5) is 0 Å². The molecule has 140 valence electrons. The molecule has 0 bridgehead atoms. The van der Waals surface area contributed by atoms with Gasteiger partial charge in [0.05, 0.1) is 12.8 Å². The van der Waals surface area contributed by atoms with Gasteiger partial charge in [-0.2, -0.15) is 4.98 Å². The van der Waals surface area contributed by atoms with Gasteiger partial charge in [0.25, 0.3) is 11.1 Å². The third kappa shape index (κ3) is 3.20. The molecule has 0 unspecified atom stereocenters. The van der Waals surface area contributed by atoms with Crippen LogP contribution < -0.4 is 10.1 Å². The average Bonchev–Trinajstić information content (AvgIpc) is 3.28. The largest absolute Gasteiger partial charge is 0.467 e. The topological polar surface area (TPSA) is 67.0 Å². The van der Waals surface area contributed by atoms with Crippen LogP contribution in [0.15, 0.2) is 6.07 Å². The Kier molecular flexibility index (Phi) is 4.31. The van der Waals surface area contributed by atoms with Crippen LogP contribution in [-0.2, 0) is 0 Å². The summed E-state index contributed by atoms with van der Waals surface area (Å²) >= 11 is 1.53. The summed E-state index contributed by atoms with van der Waals surface area (Å²) in [6.07, 6.45) is 9.15. The van der Waals surface area contributed by atoms with Crippen LogP contribution in [0.3, 0.4) is 0 Å². The maximum Gasteiger partial charge on any atom is 0.276 e. The molecule has 0 atom stereocenters. The molecule has 2 aliphatic heterocycles. The second kappa shape index (κ2) is 6.67. The molecule has 7 heteroatoms. The molecule has 1 aliphatic carbocycles. The van der Waals surface area contributed by atoms with Gasteiger partial charge in [-0.1, -0.05) is 48.4 Å². The zero-order chi connectivity index (χ0) is 17.6. The molecule has 4 heterocycles. The molecule has 1 saturated carbocycles. The Morgan fingerprint density at radius 1 is 1.15 bits per heavy atom. The Morgan fingerprint density at radius 3 is 2.58 bits per heavy atom. The lowest BCUT2D eigenvalue weighted by molar-refractivity contribution is 0.0929. The number of hydrogen-bond donors (Lipinski definition) is 2. The molecule has 1 spiro atoms. The molecule has 0 radical (unpaired) electrons. The second-order valence-corrected chi connectivity index (χ2v) is 14.5. The fourth-order valence-electron chi connectivity index (χ4n) is 4.86. The van der Waals surface area contributed by atoms with E-state index in [-0.39, 0.29) is 5.91 Å². The van der Waals surface area contributed by atoms with E-state index in [1.165, 1.54) is 67.6 Å². The molecule has 0 aromatic carbocycles. The maximum absolute atomic E-state index is 12.6. The van der Waals surface area contributed by atoms with Crippen molar-refractivity contribution in [3.63, 3.8) is 0 Å². The van der Waals surface area contributed by atoms with Gasteiger partial charge in [-0.05, 0) is 38.2 Å². The molecule has 26 heavy (non-hydrogen) atoms. The quantitative estimate of drug-likeness (QED) is 0.746. The lowest BCUT2D eigenvalue weighted by atomic mass is 9.96. The zero-order valence-corrected chi connectivity index (χ0v) is 17.0. The van der Waals surface area contributed by atoms with Crippen LogP contribution >= 0.6 is 11.3 Å². The normalized spacial score (nSPS) is 23.4. The Balaban J connectivity index is 1.19. The highest BCUT2D eigenvalue weighted by molar-refractivity contribution is 7.20. The van der Waals surface area contributed by atoms with E-state index in [2.05, 4.69) is 15.3 Å². The summed E-state index contributed by atoms with van der Waals surface area (Å²) in [5, 5.41) is 3.98. The highest BCUT2D eigenvalue weighted by Crippen LogP contribution is 2.42. The van der Waals surface area contributed by atoms with E-state index in [4.69, 9.17) is 4.74 Å². The Labute approximate surface area is 158 Å². The zero-order valence-electron chi connectivity index (χ0n) is 15.2. The van der Waals surface area contributed by atoms with Gasteiger partial charge in [0.1, 0.15) is 11.8 Å². The first-order chi connectivity index (χ1) is 12.7. The molecular weight excluding hydrogens is 362 g/mol. The van der Waals surface area contributed by atoms with Crippen molar-refractivity contribution in [3.8, 4) is 5.19 Å². The number of thiazole rings is 1. The Morgan fingerprint density at radius 2 is 1.92 bits per heavy atom. The van der Waals surface area contributed by atoms with E-state index < -0.39 is 8.07 Å². The second-order valence-electron chi connectivity index (χ2n) is 8.50. The van der Waals surface area contributed by atoms with Crippen molar-refractivity contribution in [1.29, 1.82) is 0 Å². The smallest absolute Gasteiger partial charge is 0.276 e. The van der Waals surface area contributed by atoms with Crippen molar-refractivity contribution in [2.45, 2.75) is 81.3 Å². The number of hydrogen-bond acceptors (Lipinski definition) is 4. The average molecular weight is 390 g/mol. The van der Waals surface area contributed by atoms with E-state index in [1.807, 2.05) is 6.07 Å². The summed E-state index contributed by atoms with van der Waals surface area (Å²) in [6.45, 7) is 0. The molecule has 3 fully saturated rings. The number of amides is 1. The van der Waals surface area contributed by atoms with Crippen LogP contribution in [0.2, 0.25) is 24.2 Å². The van der Waals surface area contributed by atoms with Crippen LogP contribution in [0, 0.1) is 0 Å². The standard InChI is InChI=1S/C19H27N3O2SSi/c23-18(20-13-6-10-26(11-7-13)8-1-2-9-26)15-12-16-17(21-15)22-19(25-16)24-14-4-3-5-14/h12-14,21H,1-11H2,(H,20,23). The van der Waals surface area contributed by atoms with Gasteiger partial charge in [-0.15, -0.1) is 0 Å². The number of rotatable bonds is 4. The minimum atomic E-state index is -0.907. The van der Waals surface area contributed by atoms with E-state index >= 15 is 0 Å². The maximum atomic E-state index is 12.6. The molecule has 2 N–H and O–H groups in total. The third-order valence-electron chi connectivity index (χ3n) is 6.77. The van der Waals surface area contributed by atoms with Crippen molar-refractivity contribution < 1.29 is 9.53 Å². The first-order valence-corrected chi connectivity index (χ1v) is 13.8. The first-order valence-electron chi connectivity index (χ1n) is 10.2. The fraction of sp³-hybridized carbons (Fsp3) is 0.684. The van der Waals surface area contributed by atoms with E-state index in [9.17, 15) is 4.79 Å². The van der Waals surface area contributed by atoms with Crippen LogP contribution in [-0.4, -0.2) is 36.1 Å². The molecular formula is C19H27N3O2SSi. The summed E-state index contributed by atoms with van der Waals surface area (Å²) < 4.78 is 6.86. The van der Waals surface area contributed by atoms with Gasteiger partial charge in [-0.25, -0.2) is 0 Å². The van der Waals surface area contributed by atoms with Crippen molar-refractivity contribution in [2.24, 2.45) is 0 Å². The summed E-state index contributed by atoms with van der Waals surface area (Å²) in [6, 6.07) is 8.19. The number of ether oxygens (including phenoxy) is 1. The van der Waals surface area contributed by atoms with Crippen molar-refractivity contribution in [3.05, 3.63) is 11.8 Å². The molecule has 5 rings (SSSR count). The summed E-state index contributed by atoms with van der Waals surface area (Å²) in [4.78, 5) is 20.3. The predicted molar refractivity (Wildman–Crippen MR) is 107 cm³/mol. The Bertz CT molecular complexity index is 765. The van der Waals surface area contributed by atoms with Crippen molar-refractivity contribution in [2.75, 3.05) is 0 Å². The monoisotopic (exact) mass is 389 g/mol. The molecule has 2 aromatic heterocycles. The molecule has 1 amide bonds. The first kappa shape index (κ1) is 16.8. The lowest BCUT2D eigenvalue weighted by Crippen LogP contribution is -2.43. The number of carbonyl (C=O) groups is 1. The Hall–Kier alpha value is -1.34. The van der Waals surface area contributed by atoms with Gasteiger partial charge in [0.2, 0.25) is 0 Å². The number of fused-ring (bicyclic) bond motifs is 1. The SMILES string of the molecule is O=C(NC1CC[Si]2(CCCC2)CC1)c1cc2sc(OC3CCC3)nc2[nH]1. The summed E-state index contributed by atoms with van der Waals surface area (Å²) in [5.74, 6) is 0.0192. The number of nitrogens with one attached hydrogen (secondary N) is 2. The van der Waals surface area contributed by atoms with E-state index in [1.54, 1.807) is 0 Å². The number of nitrogens with zero attached hydrogens (tertiary/aromatic N) is 1. The molecule has 5 nitrogen and oxygen atoms in total. The van der Waals surface area contributed by atoms with Gasteiger partial charge in [-0.3, -0.25) is 4.79 Å². The van der Waals surface area contributed by atoms with E-state index in [0.29, 0.717) is 17.8 Å². The van der Waals surface area contributed by atoms with Crippen LogP contribution in [0.1, 0.15) is 55.4 Å². The van der Waals surface area contributed by atoms with Gasteiger partial charge >= 0.3 is 0 Å². The van der Waals surface area contributed by atoms with Crippen molar-refractivity contribution in [1.82, 2.24) is 15.3 Å². The molecule has 3 aliphatic rings. The molecule has 2 saturated heterocycles. The highest BCUT2D eigenvalue weighted by atomic mass is 32.1.